The van der Waals surface area contributed by atoms with Gasteiger partial charge in [-0.05, 0) is 29.7 Å². The molecule has 8 heteroatoms. The molecule has 0 saturated heterocycles. The molecular weight excluding hydrogens is 366 g/mol. The minimum atomic E-state index is -1.08. The standard InChI is InChI=1S/C19H21N3O4S/c20-18-22-14-10-13(6-7-16(14)27-18)17(24)15(23)8-9-21-19(25)26-11-12-4-2-1-3-5-12/h1-7,10,15,17,23-24H,8-9,11H2,(H2,20,22)(H,21,25). The highest BCUT2D eigenvalue weighted by Crippen LogP contribution is 2.28. The molecule has 7 nitrogen and oxygen atoms in total. The van der Waals surface area contributed by atoms with Crippen LogP contribution < -0.4 is 11.1 Å². The fraction of sp³-hybridized carbons (Fsp3) is 0.263. The van der Waals surface area contributed by atoms with Crippen LogP contribution in [0.4, 0.5) is 9.93 Å². The van der Waals surface area contributed by atoms with E-state index in [-0.39, 0.29) is 19.6 Å². The van der Waals surface area contributed by atoms with Crippen molar-refractivity contribution in [3.8, 4) is 0 Å². The summed E-state index contributed by atoms with van der Waals surface area (Å²) >= 11 is 1.36. The molecule has 0 aliphatic carbocycles. The SMILES string of the molecule is Nc1nc2cc(C(O)C(O)CCNC(=O)OCc3ccccc3)ccc2s1. The number of carbonyl (C=O) groups excluding carboxylic acids is 1. The third-order valence-corrected chi connectivity index (χ3v) is 4.92. The number of nitrogens with one attached hydrogen (secondary N) is 1. The lowest BCUT2D eigenvalue weighted by molar-refractivity contribution is 0.0137. The van der Waals surface area contributed by atoms with Gasteiger partial charge in [-0.3, -0.25) is 0 Å². The van der Waals surface area contributed by atoms with Crippen LogP contribution in [-0.2, 0) is 11.3 Å². The zero-order chi connectivity index (χ0) is 19.2. The third kappa shape index (κ3) is 5.16. The molecule has 2 unspecified atom stereocenters. The smallest absolute Gasteiger partial charge is 0.407 e. The van der Waals surface area contributed by atoms with Crippen LogP contribution in [0.15, 0.2) is 48.5 Å². The summed E-state index contributed by atoms with van der Waals surface area (Å²) in [5.74, 6) is 0. The van der Waals surface area contributed by atoms with Gasteiger partial charge in [-0.2, -0.15) is 0 Å². The number of nitrogens with two attached hydrogens (primary N) is 1. The van der Waals surface area contributed by atoms with Gasteiger partial charge in [0.05, 0.1) is 16.3 Å². The fourth-order valence-corrected chi connectivity index (χ4v) is 3.34. The maximum Gasteiger partial charge on any atom is 0.407 e. The van der Waals surface area contributed by atoms with Crippen molar-refractivity contribution in [3.63, 3.8) is 0 Å². The second-order valence-electron chi connectivity index (χ2n) is 6.07. The number of thiazole rings is 1. The number of hydrogen-bond donors (Lipinski definition) is 4. The normalized spacial score (nSPS) is 13.3. The van der Waals surface area contributed by atoms with Gasteiger partial charge in [-0.25, -0.2) is 9.78 Å². The van der Waals surface area contributed by atoms with E-state index in [9.17, 15) is 15.0 Å². The quantitative estimate of drug-likeness (QED) is 0.495. The monoisotopic (exact) mass is 387 g/mol. The maximum atomic E-state index is 11.7. The van der Waals surface area contributed by atoms with Crippen LogP contribution >= 0.6 is 11.3 Å². The van der Waals surface area contributed by atoms with Crippen LogP contribution in [0.2, 0.25) is 0 Å². The van der Waals surface area contributed by atoms with Crippen molar-refractivity contribution >= 4 is 32.8 Å². The van der Waals surface area contributed by atoms with Crippen LogP contribution in [-0.4, -0.2) is 33.9 Å². The molecule has 0 bridgehead atoms. The summed E-state index contributed by atoms with van der Waals surface area (Å²) in [7, 11) is 0. The van der Waals surface area contributed by atoms with E-state index in [1.165, 1.54) is 11.3 Å². The van der Waals surface area contributed by atoms with Crippen molar-refractivity contribution in [2.24, 2.45) is 0 Å². The van der Waals surface area contributed by atoms with Crippen LogP contribution in [0.25, 0.3) is 10.2 Å². The lowest BCUT2D eigenvalue weighted by Gasteiger charge is -2.18. The van der Waals surface area contributed by atoms with Crippen molar-refractivity contribution in [1.29, 1.82) is 0 Å². The first-order valence-electron chi connectivity index (χ1n) is 8.49. The van der Waals surface area contributed by atoms with E-state index in [0.29, 0.717) is 16.2 Å². The molecule has 1 aromatic heterocycles. The van der Waals surface area contributed by atoms with E-state index >= 15 is 0 Å². The Labute approximate surface area is 160 Å². The second kappa shape index (κ2) is 8.81. The van der Waals surface area contributed by atoms with Crippen molar-refractivity contribution in [3.05, 3.63) is 59.7 Å². The topological polar surface area (TPSA) is 118 Å². The summed E-state index contributed by atoms with van der Waals surface area (Å²) in [6, 6.07) is 14.6. The molecule has 1 amide bonds. The summed E-state index contributed by atoms with van der Waals surface area (Å²) in [6.07, 6.45) is -2.51. The van der Waals surface area contributed by atoms with E-state index in [4.69, 9.17) is 10.5 Å². The summed E-state index contributed by atoms with van der Waals surface area (Å²) in [6.45, 7) is 0.354. The summed E-state index contributed by atoms with van der Waals surface area (Å²) in [4.78, 5) is 15.9. The number of rotatable bonds is 7. The van der Waals surface area contributed by atoms with Gasteiger partial charge in [0.15, 0.2) is 5.13 Å². The molecule has 2 atom stereocenters. The Kier molecular flexibility index (Phi) is 6.23. The van der Waals surface area contributed by atoms with Crippen molar-refractivity contribution in [2.45, 2.75) is 25.2 Å². The predicted molar refractivity (Wildman–Crippen MR) is 104 cm³/mol. The molecule has 0 aliphatic rings. The molecule has 2 aromatic carbocycles. The van der Waals surface area contributed by atoms with Crippen LogP contribution in [0, 0.1) is 0 Å². The van der Waals surface area contributed by atoms with Crippen LogP contribution in [0.3, 0.4) is 0 Å². The first-order chi connectivity index (χ1) is 13.0. The van der Waals surface area contributed by atoms with Gasteiger partial charge in [0, 0.05) is 6.54 Å². The highest BCUT2D eigenvalue weighted by Gasteiger charge is 2.19. The number of aliphatic hydroxyl groups is 2. The Hall–Kier alpha value is -2.68. The molecule has 5 N–H and O–H groups in total. The van der Waals surface area contributed by atoms with E-state index in [0.717, 1.165) is 10.3 Å². The number of carbonyl (C=O) groups is 1. The molecular formula is C19H21N3O4S. The lowest BCUT2D eigenvalue weighted by Crippen LogP contribution is -2.29. The molecule has 1 heterocycles. The zero-order valence-corrected chi connectivity index (χ0v) is 15.4. The van der Waals surface area contributed by atoms with Crippen LogP contribution in [0.5, 0.6) is 0 Å². The Balaban J connectivity index is 1.45. The number of anilines is 1. The van der Waals surface area contributed by atoms with Crippen LogP contribution in [0.1, 0.15) is 23.7 Å². The predicted octanol–water partition coefficient (Wildman–Crippen LogP) is 2.59. The van der Waals surface area contributed by atoms with Gasteiger partial charge in [-0.1, -0.05) is 47.7 Å². The molecule has 3 rings (SSSR count). The molecule has 0 radical (unpaired) electrons. The van der Waals surface area contributed by atoms with E-state index in [1.54, 1.807) is 12.1 Å². The number of nitrogen functional groups attached to an aromatic ring is 1. The molecule has 3 aromatic rings. The third-order valence-electron chi connectivity index (χ3n) is 4.06. The fourth-order valence-electron chi connectivity index (χ4n) is 2.62. The number of aliphatic hydroxyl groups excluding tert-OH is 2. The van der Waals surface area contributed by atoms with Crippen molar-refractivity contribution in [1.82, 2.24) is 10.3 Å². The van der Waals surface area contributed by atoms with Gasteiger partial charge in [0.25, 0.3) is 0 Å². The molecule has 27 heavy (non-hydrogen) atoms. The van der Waals surface area contributed by atoms with Gasteiger partial charge in [0.1, 0.15) is 12.7 Å². The average Bonchev–Trinajstić information content (AvgIpc) is 3.05. The minimum absolute atomic E-state index is 0.175. The molecule has 142 valence electrons. The lowest BCUT2D eigenvalue weighted by atomic mass is 10.0. The Bertz CT molecular complexity index is 900. The highest BCUT2D eigenvalue weighted by atomic mass is 32.1. The summed E-state index contributed by atoms with van der Waals surface area (Å²) in [5, 5.41) is 23.5. The summed E-state index contributed by atoms with van der Waals surface area (Å²) < 4.78 is 6.01. The Morgan fingerprint density at radius 3 is 2.78 bits per heavy atom. The molecule has 0 fully saturated rings. The van der Waals surface area contributed by atoms with Crippen molar-refractivity contribution in [2.75, 3.05) is 12.3 Å². The van der Waals surface area contributed by atoms with E-state index < -0.39 is 18.3 Å². The van der Waals surface area contributed by atoms with Gasteiger partial charge in [0.2, 0.25) is 0 Å². The number of ether oxygens (including phenoxy) is 1. The average molecular weight is 387 g/mol. The Morgan fingerprint density at radius 1 is 1.22 bits per heavy atom. The maximum absolute atomic E-state index is 11.7. The van der Waals surface area contributed by atoms with Gasteiger partial charge in [-0.15, -0.1) is 0 Å². The number of hydrogen-bond acceptors (Lipinski definition) is 7. The molecule has 0 spiro atoms. The minimum Gasteiger partial charge on any atom is -0.445 e. The first-order valence-corrected chi connectivity index (χ1v) is 9.31. The largest absolute Gasteiger partial charge is 0.445 e. The van der Waals surface area contributed by atoms with E-state index in [1.807, 2.05) is 36.4 Å². The number of benzene rings is 2. The second-order valence-corrected chi connectivity index (χ2v) is 7.13. The number of nitrogens with zero attached hydrogens (tertiary/aromatic N) is 1. The van der Waals surface area contributed by atoms with Gasteiger partial charge < -0.3 is 26.0 Å². The Morgan fingerprint density at radius 2 is 2.00 bits per heavy atom. The van der Waals surface area contributed by atoms with Crippen molar-refractivity contribution < 1.29 is 19.7 Å². The number of amides is 1. The first kappa shape index (κ1) is 19.1. The zero-order valence-electron chi connectivity index (χ0n) is 14.5. The summed E-state index contributed by atoms with van der Waals surface area (Å²) in [5.41, 5.74) is 7.80. The highest BCUT2D eigenvalue weighted by molar-refractivity contribution is 7.22. The number of fused-ring (bicyclic) bond motifs is 1. The molecule has 0 saturated carbocycles. The molecule has 0 aliphatic heterocycles. The number of aromatic nitrogens is 1. The van der Waals surface area contributed by atoms with E-state index in [2.05, 4.69) is 10.3 Å². The number of alkyl carbamates (subject to hydrolysis) is 1. The van der Waals surface area contributed by atoms with Gasteiger partial charge >= 0.3 is 6.09 Å².